The van der Waals surface area contributed by atoms with Crippen molar-refractivity contribution < 1.29 is 4.74 Å². The van der Waals surface area contributed by atoms with E-state index in [2.05, 4.69) is 45.0 Å². The molecule has 0 atom stereocenters. The van der Waals surface area contributed by atoms with Crippen LogP contribution in [-0.2, 0) is 19.6 Å². The van der Waals surface area contributed by atoms with E-state index >= 15 is 0 Å². The third-order valence-corrected chi connectivity index (χ3v) is 3.00. The Hall–Kier alpha value is -1.80. The number of rotatable bonds is 5. The van der Waals surface area contributed by atoms with E-state index in [0.717, 1.165) is 23.3 Å². The van der Waals surface area contributed by atoms with E-state index in [1.807, 2.05) is 24.3 Å². The fourth-order valence-corrected chi connectivity index (χ4v) is 1.76. The van der Waals surface area contributed by atoms with Gasteiger partial charge in [0.05, 0.1) is 0 Å². The van der Waals surface area contributed by atoms with Gasteiger partial charge in [-0.15, -0.1) is 0 Å². The molecule has 0 aromatic heterocycles. The van der Waals surface area contributed by atoms with Gasteiger partial charge in [0.2, 0.25) is 0 Å². The normalized spacial score (nSPS) is 9.71. The van der Waals surface area contributed by atoms with Crippen LogP contribution in [-0.4, -0.2) is 0 Å². The Balaban J connectivity index is 0.000000677. The standard InChI is InChI=1S/C16H19NO.C3H8/c1-2-13-7-9-16(10-8-13)18-12-15-5-3-14(11-17)4-6-15;1-3-2/h3-10H,2,11-12,17H2,1H3;3H2,1-2H3. The number of hydrogen-bond donors (Lipinski definition) is 1. The third kappa shape index (κ3) is 6.46. The molecule has 0 saturated carbocycles. The Morgan fingerprint density at radius 1 is 0.762 bits per heavy atom. The minimum absolute atomic E-state index is 0.583. The highest BCUT2D eigenvalue weighted by Crippen LogP contribution is 2.14. The van der Waals surface area contributed by atoms with Crippen molar-refractivity contribution in [3.8, 4) is 5.75 Å². The molecule has 114 valence electrons. The monoisotopic (exact) mass is 285 g/mol. The molecule has 0 radical (unpaired) electrons. The second kappa shape index (κ2) is 10.0. The summed E-state index contributed by atoms with van der Waals surface area (Å²) < 4.78 is 5.73. The first-order valence-electron chi connectivity index (χ1n) is 7.73. The fraction of sp³-hybridized carbons (Fsp3) is 0.368. The molecule has 0 aliphatic heterocycles. The zero-order chi connectivity index (χ0) is 15.5. The maximum atomic E-state index is 5.73. The van der Waals surface area contributed by atoms with Crippen LogP contribution >= 0.6 is 0 Å². The Kier molecular flexibility index (Phi) is 8.22. The second-order valence-electron chi connectivity index (χ2n) is 5.01. The molecule has 0 spiro atoms. The van der Waals surface area contributed by atoms with Crippen molar-refractivity contribution in [3.05, 3.63) is 65.2 Å². The Morgan fingerprint density at radius 2 is 1.24 bits per heavy atom. The van der Waals surface area contributed by atoms with E-state index in [0.29, 0.717) is 13.2 Å². The lowest BCUT2D eigenvalue weighted by atomic mass is 10.1. The van der Waals surface area contributed by atoms with E-state index in [1.54, 1.807) is 0 Å². The summed E-state index contributed by atoms with van der Waals surface area (Å²) in [5.41, 5.74) is 9.19. The molecule has 2 aromatic rings. The molecule has 0 bridgehead atoms. The molecule has 2 rings (SSSR count). The quantitative estimate of drug-likeness (QED) is 0.864. The number of nitrogens with two attached hydrogens (primary N) is 1. The molecular formula is C19H27NO. The molecule has 0 aliphatic rings. The van der Waals surface area contributed by atoms with E-state index in [-0.39, 0.29) is 0 Å². The first kappa shape index (κ1) is 17.3. The van der Waals surface area contributed by atoms with Crippen molar-refractivity contribution >= 4 is 0 Å². The minimum atomic E-state index is 0.583. The minimum Gasteiger partial charge on any atom is -0.489 e. The van der Waals surface area contributed by atoms with Gasteiger partial charge in [-0.3, -0.25) is 0 Å². The van der Waals surface area contributed by atoms with E-state index < -0.39 is 0 Å². The largest absolute Gasteiger partial charge is 0.489 e. The van der Waals surface area contributed by atoms with Gasteiger partial charge in [0.25, 0.3) is 0 Å². The van der Waals surface area contributed by atoms with E-state index in [9.17, 15) is 0 Å². The molecule has 21 heavy (non-hydrogen) atoms. The zero-order valence-corrected chi connectivity index (χ0v) is 13.4. The van der Waals surface area contributed by atoms with Crippen LogP contribution in [0.1, 0.15) is 43.9 Å². The van der Waals surface area contributed by atoms with Crippen molar-refractivity contribution in [1.82, 2.24) is 0 Å². The molecule has 0 amide bonds. The summed E-state index contributed by atoms with van der Waals surface area (Å²) >= 11 is 0. The van der Waals surface area contributed by atoms with Gasteiger partial charge in [0, 0.05) is 6.54 Å². The van der Waals surface area contributed by atoms with Crippen LogP contribution in [0.2, 0.25) is 0 Å². The highest BCUT2D eigenvalue weighted by atomic mass is 16.5. The first-order valence-corrected chi connectivity index (χ1v) is 7.73. The summed E-state index contributed by atoms with van der Waals surface area (Å²) in [6.45, 7) is 7.57. The summed E-state index contributed by atoms with van der Waals surface area (Å²) in [5.74, 6) is 0.912. The van der Waals surface area contributed by atoms with Crippen LogP contribution in [0, 0.1) is 0 Å². The van der Waals surface area contributed by atoms with Gasteiger partial charge in [-0.05, 0) is 35.2 Å². The first-order chi connectivity index (χ1) is 10.2. The lowest BCUT2D eigenvalue weighted by Gasteiger charge is -2.07. The maximum Gasteiger partial charge on any atom is 0.119 e. The molecule has 2 N–H and O–H groups in total. The smallest absolute Gasteiger partial charge is 0.119 e. The van der Waals surface area contributed by atoms with Crippen LogP contribution < -0.4 is 10.5 Å². The van der Waals surface area contributed by atoms with Crippen LogP contribution in [0.25, 0.3) is 0 Å². The number of hydrogen-bond acceptors (Lipinski definition) is 2. The lowest BCUT2D eigenvalue weighted by molar-refractivity contribution is 0.306. The average Bonchev–Trinajstić information content (AvgIpc) is 2.54. The molecule has 2 nitrogen and oxygen atoms in total. The van der Waals surface area contributed by atoms with Crippen LogP contribution in [0.5, 0.6) is 5.75 Å². The Morgan fingerprint density at radius 3 is 1.71 bits per heavy atom. The molecule has 0 aliphatic carbocycles. The van der Waals surface area contributed by atoms with Gasteiger partial charge < -0.3 is 10.5 Å². The summed E-state index contributed by atoms with van der Waals surface area (Å²) in [5, 5.41) is 0. The summed E-state index contributed by atoms with van der Waals surface area (Å²) in [6.07, 6.45) is 2.31. The van der Waals surface area contributed by atoms with Gasteiger partial charge in [-0.25, -0.2) is 0 Å². The van der Waals surface area contributed by atoms with Crippen molar-refractivity contribution in [2.75, 3.05) is 0 Å². The number of benzene rings is 2. The molecule has 0 unspecified atom stereocenters. The van der Waals surface area contributed by atoms with Crippen molar-refractivity contribution in [2.24, 2.45) is 5.73 Å². The van der Waals surface area contributed by atoms with Crippen molar-refractivity contribution in [3.63, 3.8) is 0 Å². The molecule has 0 saturated heterocycles. The number of aryl methyl sites for hydroxylation is 1. The van der Waals surface area contributed by atoms with Crippen molar-refractivity contribution in [1.29, 1.82) is 0 Å². The third-order valence-electron chi connectivity index (χ3n) is 3.00. The van der Waals surface area contributed by atoms with E-state index in [4.69, 9.17) is 10.5 Å². The SMILES string of the molecule is CCC.CCc1ccc(OCc2ccc(CN)cc2)cc1. The predicted octanol–water partition coefficient (Wildman–Crippen LogP) is 4.70. The fourth-order valence-electron chi connectivity index (χ4n) is 1.76. The average molecular weight is 285 g/mol. The molecular weight excluding hydrogens is 258 g/mol. The topological polar surface area (TPSA) is 35.2 Å². The lowest BCUT2D eigenvalue weighted by Crippen LogP contribution is -1.98. The maximum absolute atomic E-state index is 5.73. The van der Waals surface area contributed by atoms with Gasteiger partial charge in [-0.1, -0.05) is 63.6 Å². The van der Waals surface area contributed by atoms with E-state index in [1.165, 1.54) is 12.0 Å². The molecule has 2 heteroatoms. The number of ether oxygens (including phenoxy) is 1. The van der Waals surface area contributed by atoms with Crippen LogP contribution in [0.15, 0.2) is 48.5 Å². The summed E-state index contributed by atoms with van der Waals surface area (Å²) in [7, 11) is 0. The predicted molar refractivity (Wildman–Crippen MR) is 90.5 cm³/mol. The van der Waals surface area contributed by atoms with Gasteiger partial charge in [-0.2, -0.15) is 0 Å². The Labute approximate surface area is 129 Å². The summed E-state index contributed by atoms with van der Waals surface area (Å²) in [4.78, 5) is 0. The molecule has 0 fully saturated rings. The van der Waals surface area contributed by atoms with Crippen LogP contribution in [0.3, 0.4) is 0 Å². The van der Waals surface area contributed by atoms with Gasteiger partial charge in [0.1, 0.15) is 12.4 Å². The van der Waals surface area contributed by atoms with Crippen LogP contribution in [0.4, 0.5) is 0 Å². The van der Waals surface area contributed by atoms with Crippen molar-refractivity contribution in [2.45, 2.75) is 46.8 Å². The molecule has 0 heterocycles. The van der Waals surface area contributed by atoms with Gasteiger partial charge >= 0.3 is 0 Å². The highest BCUT2D eigenvalue weighted by molar-refractivity contribution is 5.28. The Bertz CT molecular complexity index is 440. The molecule has 2 aromatic carbocycles. The van der Waals surface area contributed by atoms with Gasteiger partial charge in [0.15, 0.2) is 0 Å². The highest BCUT2D eigenvalue weighted by Gasteiger charge is 1.97. The zero-order valence-electron chi connectivity index (χ0n) is 13.4. The summed E-state index contributed by atoms with van der Waals surface area (Å²) in [6, 6.07) is 16.4. The second-order valence-corrected chi connectivity index (χ2v) is 5.01.